The Labute approximate surface area is 216 Å². The first-order valence-electron chi connectivity index (χ1n) is 11.6. The zero-order chi connectivity index (χ0) is 28.7. The summed E-state index contributed by atoms with van der Waals surface area (Å²) in [6.07, 6.45) is -1.51. The van der Waals surface area contributed by atoms with Crippen LogP contribution in [0.4, 0.5) is 4.79 Å². The maximum absolute atomic E-state index is 13.9. The van der Waals surface area contributed by atoms with Crippen LogP contribution in [0.25, 0.3) is 0 Å². The molecule has 0 spiro atoms. The number of aromatic hydroxyl groups is 1. The molecule has 12 nitrogen and oxygen atoms in total. The van der Waals surface area contributed by atoms with Crippen LogP contribution in [0.3, 0.4) is 0 Å². The third-order valence-electron chi connectivity index (χ3n) is 5.03. The molecule has 12 heteroatoms. The van der Waals surface area contributed by atoms with Crippen molar-refractivity contribution in [3.05, 3.63) is 29.3 Å². The second kappa shape index (κ2) is 12.4. The van der Waals surface area contributed by atoms with Crippen molar-refractivity contribution in [3.8, 4) is 5.75 Å². The Morgan fingerprint density at radius 1 is 1.08 bits per heavy atom. The van der Waals surface area contributed by atoms with Gasteiger partial charge in [0.25, 0.3) is 0 Å². The minimum Gasteiger partial charge on any atom is -0.508 e. The quantitative estimate of drug-likeness (QED) is 0.352. The van der Waals surface area contributed by atoms with Crippen LogP contribution < -0.4 is 16.4 Å². The van der Waals surface area contributed by atoms with Crippen LogP contribution >= 0.6 is 0 Å². The number of nitrogens with two attached hydrogens (primary N) is 1. The summed E-state index contributed by atoms with van der Waals surface area (Å²) in [4.78, 5) is 64.5. The van der Waals surface area contributed by atoms with Crippen LogP contribution in [0.1, 0.15) is 65.1 Å². The number of amides is 4. The summed E-state index contributed by atoms with van der Waals surface area (Å²) in [5.41, 5.74) is 4.19. The maximum Gasteiger partial charge on any atom is 0.408 e. The van der Waals surface area contributed by atoms with Crippen LogP contribution in [0.5, 0.6) is 5.75 Å². The number of alkyl carbamates (subject to hydrolysis) is 1. The summed E-state index contributed by atoms with van der Waals surface area (Å²) in [5, 5.41) is 14.8. The molecule has 0 saturated heterocycles. The number of esters is 1. The fourth-order valence-electron chi connectivity index (χ4n) is 3.46. The average Bonchev–Trinajstić information content (AvgIpc) is 2.74. The highest BCUT2D eigenvalue weighted by Crippen LogP contribution is 2.32. The van der Waals surface area contributed by atoms with Crippen molar-refractivity contribution in [2.75, 3.05) is 13.7 Å². The van der Waals surface area contributed by atoms with Gasteiger partial charge in [0.1, 0.15) is 30.0 Å². The molecule has 0 radical (unpaired) electrons. The van der Waals surface area contributed by atoms with Gasteiger partial charge in [-0.25, -0.2) is 4.79 Å². The fourth-order valence-corrected chi connectivity index (χ4v) is 3.46. The Morgan fingerprint density at radius 3 is 2.14 bits per heavy atom. The highest BCUT2D eigenvalue weighted by Gasteiger charge is 2.42. The molecule has 0 bridgehead atoms. The highest BCUT2D eigenvalue weighted by molar-refractivity contribution is 5.95. The lowest BCUT2D eigenvalue weighted by Gasteiger charge is -2.43. The molecule has 0 heterocycles. The van der Waals surface area contributed by atoms with Gasteiger partial charge in [0.15, 0.2) is 0 Å². The molecule has 0 aliphatic heterocycles. The van der Waals surface area contributed by atoms with Gasteiger partial charge in [0.05, 0.1) is 13.5 Å². The molecule has 0 aliphatic rings. The zero-order valence-electron chi connectivity index (χ0n) is 22.6. The van der Waals surface area contributed by atoms with E-state index < -0.39 is 66.0 Å². The van der Waals surface area contributed by atoms with Crippen molar-refractivity contribution in [2.45, 2.75) is 78.1 Å². The number of carbonyl (C=O) groups is 5. The van der Waals surface area contributed by atoms with Gasteiger partial charge >= 0.3 is 12.1 Å². The number of phenols is 1. The second-order valence-electron chi connectivity index (χ2n) is 10.5. The van der Waals surface area contributed by atoms with Crippen molar-refractivity contribution in [1.29, 1.82) is 0 Å². The molecule has 2 atom stereocenters. The van der Waals surface area contributed by atoms with Crippen molar-refractivity contribution >= 4 is 29.8 Å². The van der Waals surface area contributed by atoms with Gasteiger partial charge in [-0.1, -0.05) is 6.07 Å². The Balaban J connectivity index is 3.62. The number of carbonyl (C=O) groups excluding carboxylic acids is 5. The largest absolute Gasteiger partial charge is 0.508 e. The number of ether oxygens (including phenoxy) is 2. The van der Waals surface area contributed by atoms with Gasteiger partial charge in [-0.15, -0.1) is 0 Å². The van der Waals surface area contributed by atoms with Crippen LogP contribution in [-0.2, 0) is 28.7 Å². The normalized spacial score (nSPS) is 13.1. The lowest BCUT2D eigenvalue weighted by atomic mass is 9.94. The van der Waals surface area contributed by atoms with Gasteiger partial charge in [-0.2, -0.15) is 0 Å². The first kappa shape index (κ1) is 31.2. The van der Waals surface area contributed by atoms with E-state index in [-0.39, 0.29) is 5.75 Å². The average molecular weight is 523 g/mol. The van der Waals surface area contributed by atoms with E-state index in [2.05, 4.69) is 15.4 Å². The lowest BCUT2D eigenvalue weighted by Crippen LogP contribution is -2.59. The molecule has 1 rings (SSSR count). The van der Waals surface area contributed by atoms with Crippen molar-refractivity contribution < 1.29 is 38.6 Å². The monoisotopic (exact) mass is 522 g/mol. The van der Waals surface area contributed by atoms with E-state index in [0.717, 1.165) is 7.11 Å². The van der Waals surface area contributed by atoms with E-state index in [1.54, 1.807) is 48.5 Å². The van der Waals surface area contributed by atoms with Crippen LogP contribution in [-0.4, -0.2) is 70.6 Å². The first-order valence-corrected chi connectivity index (χ1v) is 11.6. The Hall–Kier alpha value is -3.83. The number of phenolic OH excluding ortho intramolecular Hbond substituents is 1. The highest BCUT2D eigenvalue weighted by atomic mass is 16.6. The SMILES string of the molecule is COC(=O)CNC(=O)C(c1ccc(O)c(C)c1)N(C(=O)C(CC(N)=O)NC(=O)OC(C)(C)C)C(C)(C)C. The van der Waals surface area contributed by atoms with E-state index in [4.69, 9.17) is 10.5 Å². The molecule has 0 saturated carbocycles. The maximum atomic E-state index is 13.9. The standard InChI is InChI=1S/C25H38N4O8/c1-14-11-15(9-10-17(14)30)20(21(33)27-13-19(32)36-8)29(24(2,3)4)22(34)16(12-18(26)31)28-23(35)37-25(5,6)7/h9-11,16,20,30H,12-13H2,1-8H3,(H2,26,31)(H,27,33)(H,28,35). The molecule has 1 aromatic carbocycles. The van der Waals surface area contributed by atoms with E-state index in [1.807, 2.05) is 0 Å². The molecule has 2 unspecified atom stereocenters. The second-order valence-corrected chi connectivity index (χ2v) is 10.5. The summed E-state index contributed by atoms with van der Waals surface area (Å²) >= 11 is 0. The summed E-state index contributed by atoms with van der Waals surface area (Å²) < 4.78 is 9.81. The number of nitrogens with one attached hydrogen (secondary N) is 2. The number of rotatable bonds is 9. The molecule has 1 aromatic rings. The molecule has 5 N–H and O–H groups in total. The molecule has 4 amide bonds. The number of primary amides is 1. The molecular weight excluding hydrogens is 484 g/mol. The van der Waals surface area contributed by atoms with Gasteiger partial charge < -0.3 is 35.8 Å². The first-order chi connectivity index (χ1) is 16.9. The Morgan fingerprint density at radius 2 is 1.68 bits per heavy atom. The number of methoxy groups -OCH3 is 1. The fraction of sp³-hybridized carbons (Fsp3) is 0.560. The predicted octanol–water partition coefficient (Wildman–Crippen LogP) is 1.43. The van der Waals surface area contributed by atoms with Gasteiger partial charge in [-0.3, -0.25) is 19.2 Å². The van der Waals surface area contributed by atoms with E-state index in [0.29, 0.717) is 11.1 Å². The van der Waals surface area contributed by atoms with Gasteiger partial charge in [0, 0.05) is 5.54 Å². The third kappa shape index (κ3) is 9.62. The van der Waals surface area contributed by atoms with Gasteiger partial charge in [-0.05, 0) is 71.7 Å². The van der Waals surface area contributed by atoms with Crippen LogP contribution in [0.2, 0.25) is 0 Å². The van der Waals surface area contributed by atoms with Gasteiger partial charge in [0.2, 0.25) is 17.7 Å². The summed E-state index contributed by atoms with van der Waals surface area (Å²) in [6.45, 7) is 11.0. The molecular formula is C25H38N4O8. The summed E-state index contributed by atoms with van der Waals surface area (Å²) in [7, 11) is 1.16. The molecule has 0 aromatic heterocycles. The molecule has 206 valence electrons. The number of benzene rings is 1. The minimum atomic E-state index is -1.46. The smallest absolute Gasteiger partial charge is 0.408 e. The van der Waals surface area contributed by atoms with E-state index in [9.17, 15) is 29.1 Å². The lowest BCUT2D eigenvalue weighted by molar-refractivity contribution is -0.150. The zero-order valence-corrected chi connectivity index (χ0v) is 22.6. The van der Waals surface area contributed by atoms with Crippen molar-refractivity contribution in [2.24, 2.45) is 5.73 Å². The van der Waals surface area contributed by atoms with E-state index in [1.165, 1.54) is 23.1 Å². The predicted molar refractivity (Wildman–Crippen MR) is 134 cm³/mol. The van der Waals surface area contributed by atoms with Crippen molar-refractivity contribution in [3.63, 3.8) is 0 Å². The van der Waals surface area contributed by atoms with Crippen LogP contribution in [0.15, 0.2) is 18.2 Å². The Bertz CT molecular complexity index is 1030. The number of hydrogen-bond acceptors (Lipinski definition) is 8. The molecule has 37 heavy (non-hydrogen) atoms. The molecule has 0 aliphatic carbocycles. The Kier molecular flexibility index (Phi) is 10.5. The number of nitrogens with zero attached hydrogens (tertiary/aromatic N) is 1. The van der Waals surface area contributed by atoms with Crippen LogP contribution in [0, 0.1) is 6.92 Å². The number of hydrogen-bond donors (Lipinski definition) is 4. The van der Waals surface area contributed by atoms with Crippen molar-refractivity contribution in [1.82, 2.24) is 15.5 Å². The number of aryl methyl sites for hydroxylation is 1. The summed E-state index contributed by atoms with van der Waals surface area (Å²) in [6, 6.07) is 1.57. The minimum absolute atomic E-state index is 0.0238. The third-order valence-corrected chi connectivity index (χ3v) is 5.03. The topological polar surface area (TPSA) is 177 Å². The summed E-state index contributed by atoms with van der Waals surface area (Å²) in [5.74, 6) is -3.12. The molecule has 0 fully saturated rings. The van der Waals surface area contributed by atoms with E-state index >= 15 is 0 Å².